The summed E-state index contributed by atoms with van der Waals surface area (Å²) in [4.78, 5) is 6.74. The molecule has 12 nitrogen and oxygen atoms in total. The highest BCUT2D eigenvalue weighted by atomic mass is 16.6. The van der Waals surface area contributed by atoms with Crippen LogP contribution in [0.4, 0.5) is 11.4 Å². The molecule has 0 aromatic heterocycles. The molecule has 5 fully saturated rings. The Hall–Kier alpha value is -2.05. The van der Waals surface area contributed by atoms with Crippen LogP contribution in [0.15, 0.2) is 18.2 Å². The number of nitriles is 1. The van der Waals surface area contributed by atoms with E-state index in [1.54, 1.807) is 0 Å². The number of anilines is 2. The summed E-state index contributed by atoms with van der Waals surface area (Å²) in [5.41, 5.74) is 9.42. The zero-order valence-electron chi connectivity index (χ0n) is 26.3. The van der Waals surface area contributed by atoms with Gasteiger partial charge in [0.1, 0.15) is 24.5 Å². The van der Waals surface area contributed by atoms with Crippen LogP contribution in [0.5, 0.6) is 0 Å². The number of aliphatic hydroxyl groups excluding tert-OH is 2. The largest absolute Gasteiger partial charge is 0.387 e. The monoisotopic (exact) mass is 609 g/mol. The zero-order chi connectivity index (χ0) is 30.7. The first-order valence-electron chi connectivity index (χ1n) is 16.7. The third kappa shape index (κ3) is 5.30. The molecule has 2 saturated carbocycles. The van der Waals surface area contributed by atoms with Crippen molar-refractivity contribution in [3.8, 4) is 6.07 Å². The van der Waals surface area contributed by atoms with Crippen LogP contribution in [0.2, 0.25) is 0 Å². The van der Waals surface area contributed by atoms with Crippen molar-refractivity contribution in [1.82, 2.24) is 25.3 Å². The highest BCUT2D eigenvalue weighted by molar-refractivity contribution is 5.75. The fourth-order valence-electron chi connectivity index (χ4n) is 8.56. The van der Waals surface area contributed by atoms with E-state index in [-0.39, 0.29) is 30.0 Å². The van der Waals surface area contributed by atoms with Crippen LogP contribution < -0.4 is 27.0 Å². The fraction of sp³-hybridized carbons (Fsp3) is 0.781. The van der Waals surface area contributed by atoms with Gasteiger partial charge in [0, 0.05) is 18.6 Å². The number of hydrogen-bond donors (Lipinski definition) is 7. The number of nitrogens with two attached hydrogens (primary N) is 1. The Balaban J connectivity index is 0.900. The maximum Gasteiger partial charge on any atom is 0.142 e. The SMILES string of the molecule is CC(C)N(C[C@H]1O[C@@H](N2CNC3C(N)NCN(C)C32)[C@H](O)[C@@H]1O)C1CC(CCC2Nc3ccc(C4(C#N)CCC4)cc3N2)C1. The van der Waals surface area contributed by atoms with Crippen LogP contribution in [0.1, 0.15) is 64.4 Å². The van der Waals surface area contributed by atoms with E-state index >= 15 is 0 Å². The van der Waals surface area contributed by atoms with Crippen molar-refractivity contribution in [3.63, 3.8) is 0 Å². The van der Waals surface area contributed by atoms with E-state index in [1.165, 1.54) is 0 Å². The molecule has 8 atom stereocenters. The lowest BCUT2D eigenvalue weighted by Gasteiger charge is -2.46. The number of rotatable bonds is 9. The molecule has 44 heavy (non-hydrogen) atoms. The standard InChI is InChI=1S/C32H51N9O3/c1-18(2)40(14-24-27(42)28(43)31(44-24)41-17-35-26-29(34)36-16-39(3)30(26)41)21-11-19(12-21)5-8-25-37-22-7-6-20(13-23(22)38-25)32(15-33)9-4-10-32/h6-7,13,18-19,21,24-31,35-38,42-43H,4-5,8-12,14,16-17,34H2,1-3H3/t19?,21?,24-,25?,26?,27-,28-,29?,30?,31-/m1/s1. The van der Waals surface area contributed by atoms with Crippen molar-refractivity contribution < 1.29 is 14.9 Å². The first-order valence-corrected chi connectivity index (χ1v) is 16.7. The number of likely N-dealkylation sites (N-methyl/N-ethyl adjacent to an activating group) is 1. The number of benzene rings is 1. The summed E-state index contributed by atoms with van der Waals surface area (Å²) in [5, 5.41) is 46.0. The summed E-state index contributed by atoms with van der Waals surface area (Å²) in [6, 6.07) is 9.79. The van der Waals surface area contributed by atoms with E-state index in [9.17, 15) is 15.5 Å². The van der Waals surface area contributed by atoms with E-state index in [0.29, 0.717) is 37.9 Å². The molecule has 4 aliphatic heterocycles. The van der Waals surface area contributed by atoms with Gasteiger partial charge in [-0.05, 0) is 89.5 Å². The lowest BCUT2D eigenvalue weighted by atomic mass is 9.65. The predicted molar refractivity (Wildman–Crippen MR) is 168 cm³/mol. The highest BCUT2D eigenvalue weighted by Gasteiger charge is 2.53. The molecule has 0 spiro atoms. The van der Waals surface area contributed by atoms with Gasteiger partial charge in [-0.25, -0.2) is 4.90 Å². The molecular formula is C32H51N9O3. The van der Waals surface area contributed by atoms with Crippen LogP contribution in [-0.4, -0.2) is 113 Å². The van der Waals surface area contributed by atoms with Crippen molar-refractivity contribution in [3.05, 3.63) is 23.8 Å². The summed E-state index contributed by atoms with van der Waals surface area (Å²) < 4.78 is 6.44. The lowest BCUT2D eigenvalue weighted by Crippen LogP contribution is -2.68. The average molecular weight is 610 g/mol. The molecule has 1 aromatic rings. The summed E-state index contributed by atoms with van der Waals surface area (Å²) >= 11 is 0. The molecule has 2 aliphatic carbocycles. The predicted octanol–water partition coefficient (Wildman–Crippen LogP) is 0.846. The molecule has 12 heteroatoms. The molecule has 4 heterocycles. The van der Waals surface area contributed by atoms with Crippen LogP contribution in [0, 0.1) is 17.2 Å². The van der Waals surface area contributed by atoms with Gasteiger partial charge in [-0.1, -0.05) is 6.07 Å². The van der Waals surface area contributed by atoms with Crippen molar-refractivity contribution in [2.75, 3.05) is 37.6 Å². The Labute approximate surface area is 261 Å². The van der Waals surface area contributed by atoms with Crippen LogP contribution in [0.3, 0.4) is 0 Å². The molecule has 0 amide bonds. The third-order valence-electron chi connectivity index (χ3n) is 11.5. The topological polar surface area (TPSA) is 157 Å². The first-order chi connectivity index (χ1) is 21.2. The van der Waals surface area contributed by atoms with Gasteiger partial charge in [-0.3, -0.25) is 20.4 Å². The van der Waals surface area contributed by atoms with Crippen molar-refractivity contribution in [2.24, 2.45) is 11.7 Å². The van der Waals surface area contributed by atoms with Gasteiger partial charge in [0.2, 0.25) is 0 Å². The maximum absolute atomic E-state index is 11.1. The Morgan fingerprint density at radius 2 is 1.89 bits per heavy atom. The fourth-order valence-corrected chi connectivity index (χ4v) is 8.56. The molecule has 0 bridgehead atoms. The van der Waals surface area contributed by atoms with Crippen LogP contribution in [-0.2, 0) is 10.2 Å². The molecule has 7 rings (SSSR count). The molecule has 8 N–H and O–H groups in total. The third-order valence-corrected chi connectivity index (χ3v) is 11.5. The Bertz CT molecular complexity index is 1230. The molecule has 6 aliphatic rings. The quantitative estimate of drug-likeness (QED) is 0.212. The smallest absolute Gasteiger partial charge is 0.142 e. The summed E-state index contributed by atoms with van der Waals surface area (Å²) in [7, 11) is 2.04. The molecule has 242 valence electrons. The number of ether oxygens (including phenoxy) is 1. The molecule has 0 radical (unpaired) electrons. The first kappa shape index (κ1) is 30.6. The highest BCUT2D eigenvalue weighted by Crippen LogP contribution is 2.46. The van der Waals surface area contributed by atoms with E-state index in [2.05, 4.69) is 74.1 Å². The number of fused-ring (bicyclic) bond motifs is 2. The Morgan fingerprint density at radius 3 is 2.59 bits per heavy atom. The van der Waals surface area contributed by atoms with Gasteiger partial charge in [-0.15, -0.1) is 0 Å². The van der Waals surface area contributed by atoms with Crippen LogP contribution >= 0.6 is 0 Å². The maximum atomic E-state index is 11.1. The molecular weight excluding hydrogens is 558 g/mol. The van der Waals surface area contributed by atoms with Crippen LogP contribution in [0.25, 0.3) is 0 Å². The van der Waals surface area contributed by atoms with Crippen molar-refractivity contribution >= 4 is 11.4 Å². The van der Waals surface area contributed by atoms with Gasteiger partial charge in [-0.2, -0.15) is 5.26 Å². The Kier molecular flexibility index (Phi) is 8.31. The summed E-state index contributed by atoms with van der Waals surface area (Å²) in [5.74, 6) is 0.668. The van der Waals surface area contributed by atoms with Gasteiger partial charge in [0.05, 0.1) is 60.7 Å². The zero-order valence-corrected chi connectivity index (χ0v) is 26.3. The van der Waals surface area contributed by atoms with Gasteiger partial charge in [0.15, 0.2) is 0 Å². The van der Waals surface area contributed by atoms with E-state index < -0.39 is 24.5 Å². The van der Waals surface area contributed by atoms with E-state index in [1.807, 2.05) is 7.05 Å². The average Bonchev–Trinajstić information content (AvgIpc) is 3.65. The Morgan fingerprint density at radius 1 is 1.11 bits per heavy atom. The lowest BCUT2D eigenvalue weighted by molar-refractivity contribution is -0.130. The summed E-state index contributed by atoms with van der Waals surface area (Å²) in [6.45, 7) is 6.22. The summed E-state index contributed by atoms with van der Waals surface area (Å²) in [6.07, 6.45) is 4.59. The number of nitrogens with one attached hydrogen (secondary N) is 4. The second-order valence-electron chi connectivity index (χ2n) is 14.5. The second kappa shape index (κ2) is 12.0. The van der Waals surface area contributed by atoms with Gasteiger partial charge < -0.3 is 31.3 Å². The molecule has 3 saturated heterocycles. The second-order valence-corrected chi connectivity index (χ2v) is 14.5. The minimum Gasteiger partial charge on any atom is -0.387 e. The number of hydrogen-bond acceptors (Lipinski definition) is 12. The van der Waals surface area contributed by atoms with Crippen molar-refractivity contribution in [1.29, 1.82) is 5.26 Å². The molecule has 4 unspecified atom stereocenters. The van der Waals surface area contributed by atoms with Gasteiger partial charge in [0.25, 0.3) is 0 Å². The minimum absolute atomic E-state index is 0.0129. The minimum atomic E-state index is -0.978. The normalized spacial score (nSPS) is 39.7. The van der Waals surface area contributed by atoms with E-state index in [4.69, 9.17) is 10.5 Å². The number of aliphatic hydroxyl groups is 2. The molecule has 1 aromatic carbocycles. The van der Waals surface area contributed by atoms with Crippen molar-refractivity contribution in [2.45, 2.75) is 125 Å². The van der Waals surface area contributed by atoms with E-state index in [0.717, 1.165) is 61.9 Å². The number of nitrogens with zero attached hydrogens (tertiary/aromatic N) is 4. The van der Waals surface area contributed by atoms with Gasteiger partial charge >= 0.3 is 0 Å².